The molecule has 0 amide bonds. The van der Waals surface area contributed by atoms with E-state index in [2.05, 4.69) is 157 Å². The van der Waals surface area contributed by atoms with Crippen molar-refractivity contribution in [3.63, 3.8) is 0 Å². The Hall–Kier alpha value is -6.30. The molecule has 1 unspecified atom stereocenters. The van der Waals surface area contributed by atoms with Crippen LogP contribution in [-0.4, -0.2) is 40.5 Å². The summed E-state index contributed by atoms with van der Waals surface area (Å²) in [7, 11) is 3.48. The SMILES string of the molecule is COc1ccc2c(c1)C1(c3ccccc3-c3ccccc31)c1c3c(c4cc(OC)ccc4c1-2)OC(c1ccccc1)(c1ccc(N2CCOCC2)cc1)C=C3. The Labute approximate surface area is 321 Å². The predicted molar refractivity (Wildman–Crippen MR) is 220 cm³/mol. The highest BCUT2D eigenvalue weighted by Crippen LogP contribution is 2.67. The van der Waals surface area contributed by atoms with Gasteiger partial charge in [-0.05, 0) is 98.4 Å². The highest BCUT2D eigenvalue weighted by Gasteiger charge is 2.54. The van der Waals surface area contributed by atoms with Crippen molar-refractivity contribution in [3.05, 3.63) is 185 Å². The van der Waals surface area contributed by atoms with E-state index in [-0.39, 0.29) is 0 Å². The van der Waals surface area contributed by atoms with Crippen LogP contribution in [0.15, 0.2) is 146 Å². The fourth-order valence-electron chi connectivity index (χ4n) is 9.93. The molecule has 0 N–H and O–H groups in total. The first-order valence-electron chi connectivity index (χ1n) is 19.1. The van der Waals surface area contributed by atoms with Gasteiger partial charge >= 0.3 is 0 Å². The molecular formula is C50H39NO4. The van der Waals surface area contributed by atoms with Crippen LogP contribution in [0.1, 0.15) is 38.9 Å². The van der Waals surface area contributed by atoms with Gasteiger partial charge in [0.25, 0.3) is 0 Å². The number of fused-ring (bicyclic) bond motifs is 15. The Balaban J connectivity index is 1.23. The lowest BCUT2D eigenvalue weighted by molar-refractivity contribution is 0.122. The van der Waals surface area contributed by atoms with E-state index in [1.807, 2.05) is 0 Å². The van der Waals surface area contributed by atoms with Crippen molar-refractivity contribution in [2.24, 2.45) is 0 Å². The number of rotatable bonds is 5. The Morgan fingerprint density at radius 1 is 0.582 bits per heavy atom. The van der Waals surface area contributed by atoms with Gasteiger partial charge in [0.1, 0.15) is 17.2 Å². The van der Waals surface area contributed by atoms with Crippen molar-refractivity contribution < 1.29 is 18.9 Å². The Morgan fingerprint density at radius 2 is 1.22 bits per heavy atom. The lowest BCUT2D eigenvalue weighted by Gasteiger charge is -2.39. The maximum Gasteiger partial charge on any atom is 0.178 e. The fraction of sp³-hybridized carbons (Fsp3) is 0.160. The molecule has 2 heterocycles. The van der Waals surface area contributed by atoms with Crippen LogP contribution in [0.2, 0.25) is 0 Å². The van der Waals surface area contributed by atoms with Crippen LogP contribution < -0.4 is 19.1 Å². The average molecular weight is 718 g/mol. The molecule has 268 valence electrons. The van der Waals surface area contributed by atoms with Crippen molar-refractivity contribution in [1.82, 2.24) is 0 Å². The number of benzene rings is 7. The normalized spacial score (nSPS) is 18.3. The molecule has 11 rings (SSSR count). The van der Waals surface area contributed by atoms with Gasteiger partial charge in [-0.25, -0.2) is 0 Å². The quantitative estimate of drug-likeness (QED) is 0.177. The largest absolute Gasteiger partial charge is 0.497 e. The summed E-state index contributed by atoms with van der Waals surface area (Å²) in [5, 5.41) is 2.14. The lowest BCUT2D eigenvalue weighted by Crippen LogP contribution is -2.37. The van der Waals surface area contributed by atoms with Gasteiger partial charge in [-0.15, -0.1) is 0 Å². The summed E-state index contributed by atoms with van der Waals surface area (Å²) in [6, 6.07) is 50.4. The molecule has 5 heteroatoms. The van der Waals surface area contributed by atoms with Crippen LogP contribution in [0.3, 0.4) is 0 Å². The van der Waals surface area contributed by atoms with Crippen molar-refractivity contribution >= 4 is 22.5 Å². The standard InChI is InChI=1S/C50H39NO4/c1-52-35-20-22-39-42(30-35)48-41(24-25-49(55-48,32-10-4-3-5-11-32)33-16-18-34(19-17-33)51-26-28-54-29-27-51)47-46(39)40-23-21-36(53-2)31-45(40)50(47)43-14-8-6-12-37(43)38-13-7-9-15-44(38)50/h3-25,30-31H,26-29H2,1-2H3. The number of hydrogen-bond acceptors (Lipinski definition) is 5. The highest BCUT2D eigenvalue weighted by molar-refractivity contribution is 6.11. The second-order valence-electron chi connectivity index (χ2n) is 14.8. The summed E-state index contributed by atoms with van der Waals surface area (Å²) >= 11 is 0. The predicted octanol–water partition coefficient (Wildman–Crippen LogP) is 10.4. The fourth-order valence-corrected chi connectivity index (χ4v) is 9.93. The zero-order chi connectivity index (χ0) is 36.7. The second kappa shape index (κ2) is 12.1. The third kappa shape index (κ3) is 4.39. The summed E-state index contributed by atoms with van der Waals surface area (Å²) in [4.78, 5) is 2.39. The van der Waals surface area contributed by atoms with Gasteiger partial charge in [-0.2, -0.15) is 0 Å². The molecule has 2 aliphatic carbocycles. The number of ether oxygens (including phenoxy) is 4. The topological polar surface area (TPSA) is 40.2 Å². The van der Waals surface area contributed by atoms with E-state index in [0.29, 0.717) is 0 Å². The molecular weight excluding hydrogens is 679 g/mol. The maximum absolute atomic E-state index is 7.74. The number of morpholine rings is 1. The molecule has 7 aromatic carbocycles. The Morgan fingerprint density at radius 3 is 1.93 bits per heavy atom. The maximum atomic E-state index is 7.74. The first kappa shape index (κ1) is 32.2. The van der Waals surface area contributed by atoms with Gasteiger partial charge in [-0.3, -0.25) is 0 Å². The lowest BCUT2D eigenvalue weighted by atomic mass is 9.68. The Bertz CT molecular complexity index is 2650. The van der Waals surface area contributed by atoms with E-state index < -0.39 is 11.0 Å². The average Bonchev–Trinajstić information content (AvgIpc) is 3.74. The molecule has 1 spiro atoms. The van der Waals surface area contributed by atoms with Crippen LogP contribution in [0, 0.1) is 0 Å². The zero-order valence-corrected chi connectivity index (χ0v) is 30.8. The van der Waals surface area contributed by atoms with Crippen LogP contribution in [-0.2, 0) is 15.8 Å². The summed E-state index contributed by atoms with van der Waals surface area (Å²) in [6.45, 7) is 3.25. The van der Waals surface area contributed by atoms with Crippen LogP contribution in [0.4, 0.5) is 5.69 Å². The molecule has 7 aromatic rings. The van der Waals surface area contributed by atoms with E-state index in [0.717, 1.165) is 71.0 Å². The summed E-state index contributed by atoms with van der Waals surface area (Å²) in [5.41, 5.74) is 12.8. The summed E-state index contributed by atoms with van der Waals surface area (Å²) in [5.74, 6) is 2.47. The number of methoxy groups -OCH3 is 2. The molecule has 0 bridgehead atoms. The second-order valence-corrected chi connectivity index (χ2v) is 14.8. The van der Waals surface area contributed by atoms with Crippen molar-refractivity contribution in [2.75, 3.05) is 45.4 Å². The van der Waals surface area contributed by atoms with Gasteiger partial charge in [0.15, 0.2) is 5.60 Å². The summed E-state index contributed by atoms with van der Waals surface area (Å²) in [6.07, 6.45) is 4.62. The molecule has 0 radical (unpaired) electrons. The Kier molecular flexibility index (Phi) is 7.08. The molecule has 55 heavy (non-hydrogen) atoms. The third-order valence-electron chi connectivity index (χ3n) is 12.4. The van der Waals surface area contributed by atoms with E-state index in [9.17, 15) is 0 Å². The van der Waals surface area contributed by atoms with Gasteiger partial charge < -0.3 is 23.8 Å². The minimum atomic E-state index is -0.893. The highest BCUT2D eigenvalue weighted by atomic mass is 16.5. The van der Waals surface area contributed by atoms with Crippen molar-refractivity contribution in [1.29, 1.82) is 0 Å². The van der Waals surface area contributed by atoms with Gasteiger partial charge in [0.05, 0.1) is 32.8 Å². The van der Waals surface area contributed by atoms with E-state index >= 15 is 0 Å². The molecule has 1 fully saturated rings. The molecule has 1 saturated heterocycles. The van der Waals surface area contributed by atoms with E-state index in [1.165, 1.54) is 50.2 Å². The molecule has 2 aliphatic heterocycles. The molecule has 5 nitrogen and oxygen atoms in total. The number of nitrogens with zero attached hydrogens (tertiary/aromatic N) is 1. The monoisotopic (exact) mass is 717 g/mol. The van der Waals surface area contributed by atoms with Crippen LogP contribution >= 0.6 is 0 Å². The van der Waals surface area contributed by atoms with Gasteiger partial charge in [0, 0.05) is 40.9 Å². The number of hydrogen-bond donors (Lipinski definition) is 0. The molecule has 0 saturated carbocycles. The number of anilines is 1. The van der Waals surface area contributed by atoms with Crippen molar-refractivity contribution in [2.45, 2.75) is 11.0 Å². The van der Waals surface area contributed by atoms with Crippen LogP contribution in [0.25, 0.3) is 39.1 Å². The summed E-state index contributed by atoms with van der Waals surface area (Å²) < 4.78 is 25.2. The minimum absolute atomic E-state index is 0.606. The van der Waals surface area contributed by atoms with E-state index in [1.54, 1.807) is 14.2 Å². The van der Waals surface area contributed by atoms with Crippen LogP contribution in [0.5, 0.6) is 17.2 Å². The first-order valence-corrected chi connectivity index (χ1v) is 19.1. The molecule has 1 atom stereocenters. The smallest absolute Gasteiger partial charge is 0.178 e. The first-order chi connectivity index (χ1) is 27.2. The third-order valence-corrected chi connectivity index (χ3v) is 12.4. The van der Waals surface area contributed by atoms with Gasteiger partial charge in [-0.1, -0.05) is 103 Å². The van der Waals surface area contributed by atoms with Gasteiger partial charge in [0.2, 0.25) is 0 Å². The van der Waals surface area contributed by atoms with E-state index in [4.69, 9.17) is 18.9 Å². The zero-order valence-electron chi connectivity index (χ0n) is 30.8. The molecule has 0 aromatic heterocycles. The molecule has 4 aliphatic rings. The van der Waals surface area contributed by atoms with Crippen molar-refractivity contribution in [3.8, 4) is 39.5 Å². The minimum Gasteiger partial charge on any atom is -0.497 e.